The van der Waals surface area contributed by atoms with Gasteiger partial charge in [0.05, 0.1) is 10.9 Å². The lowest BCUT2D eigenvalue weighted by atomic mass is 9.98. The lowest BCUT2D eigenvalue weighted by Gasteiger charge is -2.36. The van der Waals surface area contributed by atoms with Gasteiger partial charge in [0.15, 0.2) is 5.69 Å². The van der Waals surface area contributed by atoms with Crippen molar-refractivity contribution in [1.82, 2.24) is 20.0 Å². The molecule has 28 heavy (non-hydrogen) atoms. The van der Waals surface area contributed by atoms with Crippen LogP contribution in [0.5, 0.6) is 0 Å². The van der Waals surface area contributed by atoms with E-state index in [1.54, 1.807) is 6.07 Å². The number of nitrogens with zero attached hydrogens (tertiary/aromatic N) is 3. The fraction of sp³-hybridized carbons (Fsp3) is 0.571. The van der Waals surface area contributed by atoms with E-state index in [4.69, 9.17) is 0 Å². The van der Waals surface area contributed by atoms with Crippen LogP contribution in [-0.2, 0) is 6.54 Å². The second kappa shape index (κ2) is 8.21. The lowest BCUT2D eigenvalue weighted by molar-refractivity contribution is 0.0874. The summed E-state index contributed by atoms with van der Waals surface area (Å²) < 4.78 is 1.82. The molecule has 3 heterocycles. The van der Waals surface area contributed by atoms with Gasteiger partial charge >= 0.3 is 0 Å². The van der Waals surface area contributed by atoms with Gasteiger partial charge in [-0.3, -0.25) is 14.3 Å². The van der Waals surface area contributed by atoms with Crippen molar-refractivity contribution >= 4 is 29.2 Å². The van der Waals surface area contributed by atoms with Gasteiger partial charge < -0.3 is 10.2 Å². The van der Waals surface area contributed by atoms with Crippen LogP contribution in [-0.4, -0.2) is 45.8 Å². The largest absolute Gasteiger partial charge is 0.348 e. The van der Waals surface area contributed by atoms with E-state index in [0.717, 1.165) is 30.3 Å². The first-order valence-electron chi connectivity index (χ1n) is 10.0. The minimum Gasteiger partial charge on any atom is -0.348 e. The maximum Gasteiger partial charge on any atom is 0.276 e. The Morgan fingerprint density at radius 3 is 2.57 bits per heavy atom. The number of fused-ring (bicyclic) bond motifs is 3. The molecule has 2 aliphatic heterocycles. The summed E-state index contributed by atoms with van der Waals surface area (Å²) in [5, 5.41) is 8.15. The van der Waals surface area contributed by atoms with E-state index in [2.05, 4.69) is 29.3 Å². The van der Waals surface area contributed by atoms with Crippen LogP contribution in [0.2, 0.25) is 0 Å². The molecule has 2 fully saturated rings. The highest BCUT2D eigenvalue weighted by Gasteiger charge is 2.39. The van der Waals surface area contributed by atoms with Crippen LogP contribution < -0.4 is 10.7 Å². The maximum absolute atomic E-state index is 13.0. The van der Waals surface area contributed by atoms with Crippen LogP contribution in [0.3, 0.4) is 0 Å². The molecule has 1 aromatic heterocycles. The van der Waals surface area contributed by atoms with Crippen LogP contribution in [0.25, 0.3) is 10.9 Å². The molecule has 2 aromatic rings. The number of benzene rings is 1. The fourth-order valence-electron chi connectivity index (χ4n) is 4.83. The first-order valence-corrected chi connectivity index (χ1v) is 10.0. The Labute approximate surface area is 171 Å². The smallest absolute Gasteiger partial charge is 0.276 e. The normalized spacial score (nSPS) is 24.2. The van der Waals surface area contributed by atoms with E-state index in [1.165, 1.54) is 12.8 Å². The summed E-state index contributed by atoms with van der Waals surface area (Å²) in [4.78, 5) is 28.3. The standard InChI is InChI=1S/C21H28N4O2.ClH/c1-4-10-25-19-13(2)6-5-7-17(19)20(26)18(23-25)21(27)22-14-11-15-8-9-16(12-14)24(15)3;/h5-7,14-16H,4,8-12H2,1-3H3,(H,22,27);1H. The average Bonchev–Trinajstić information content (AvgIpc) is 2.85. The first kappa shape index (κ1) is 20.8. The van der Waals surface area contributed by atoms with Crippen molar-refractivity contribution in [3.63, 3.8) is 0 Å². The Morgan fingerprint density at radius 1 is 1.25 bits per heavy atom. The van der Waals surface area contributed by atoms with Crippen LogP contribution in [0.1, 0.15) is 55.1 Å². The van der Waals surface area contributed by atoms with Gasteiger partial charge in [-0.1, -0.05) is 19.1 Å². The fourth-order valence-corrected chi connectivity index (χ4v) is 4.83. The third-order valence-electron chi connectivity index (χ3n) is 6.26. The van der Waals surface area contributed by atoms with E-state index in [-0.39, 0.29) is 35.5 Å². The van der Waals surface area contributed by atoms with Crippen LogP contribution in [0, 0.1) is 6.92 Å². The highest BCUT2D eigenvalue weighted by Crippen LogP contribution is 2.34. The highest BCUT2D eigenvalue weighted by atomic mass is 35.5. The topological polar surface area (TPSA) is 67.2 Å². The molecule has 2 bridgehead atoms. The Kier molecular flexibility index (Phi) is 6.10. The number of hydrogen-bond acceptors (Lipinski definition) is 4. The molecule has 2 saturated heterocycles. The van der Waals surface area contributed by atoms with Gasteiger partial charge in [0.25, 0.3) is 5.91 Å². The number of carbonyl (C=O) groups is 1. The molecule has 2 atom stereocenters. The Balaban J connectivity index is 0.00000225. The van der Waals surface area contributed by atoms with E-state index < -0.39 is 0 Å². The van der Waals surface area contributed by atoms with Gasteiger partial charge in [0.2, 0.25) is 5.43 Å². The Bertz CT molecular complexity index is 928. The zero-order chi connectivity index (χ0) is 19.1. The Hall–Kier alpha value is -1.92. The molecule has 0 spiro atoms. The summed E-state index contributed by atoms with van der Waals surface area (Å²) in [7, 11) is 2.18. The number of carbonyl (C=O) groups excluding carboxylic acids is 1. The minimum atomic E-state index is -0.331. The molecule has 1 amide bonds. The molecule has 1 aromatic carbocycles. The molecule has 152 valence electrons. The van der Waals surface area contributed by atoms with Gasteiger partial charge in [-0.25, -0.2) is 0 Å². The van der Waals surface area contributed by atoms with Gasteiger partial charge in [0.1, 0.15) is 0 Å². The number of rotatable bonds is 4. The van der Waals surface area contributed by atoms with Gasteiger partial charge in [0, 0.05) is 24.7 Å². The quantitative estimate of drug-likeness (QED) is 0.850. The molecule has 4 rings (SSSR count). The number of piperidine rings is 1. The predicted octanol–water partition coefficient (Wildman–Crippen LogP) is 2.89. The van der Waals surface area contributed by atoms with Gasteiger partial charge in [-0.05, 0) is 57.7 Å². The van der Waals surface area contributed by atoms with Crippen molar-refractivity contribution in [2.24, 2.45) is 0 Å². The molecular weight excluding hydrogens is 376 g/mol. The second-order valence-corrected chi connectivity index (χ2v) is 8.06. The molecule has 6 nitrogen and oxygen atoms in total. The molecule has 2 aliphatic rings. The summed E-state index contributed by atoms with van der Waals surface area (Å²) in [6, 6.07) is 6.84. The van der Waals surface area contributed by atoms with Crippen LogP contribution >= 0.6 is 12.4 Å². The zero-order valence-corrected chi connectivity index (χ0v) is 17.6. The molecule has 0 aliphatic carbocycles. The van der Waals surface area contributed by atoms with Crippen LogP contribution in [0.15, 0.2) is 23.0 Å². The minimum absolute atomic E-state index is 0. The highest BCUT2D eigenvalue weighted by molar-refractivity contribution is 5.96. The van der Waals surface area contributed by atoms with E-state index in [9.17, 15) is 9.59 Å². The summed E-state index contributed by atoms with van der Waals surface area (Å²) in [5.74, 6) is -0.331. The molecular formula is C21H29ClN4O2. The SMILES string of the molecule is CCCn1nc(C(=O)NC2CC3CCC(C2)N3C)c(=O)c2cccc(C)c21.Cl. The van der Waals surface area contributed by atoms with Crippen molar-refractivity contribution in [2.75, 3.05) is 7.05 Å². The number of aryl methyl sites for hydroxylation is 2. The van der Waals surface area contributed by atoms with Crippen molar-refractivity contribution in [2.45, 2.75) is 70.6 Å². The number of para-hydroxylation sites is 1. The predicted molar refractivity (Wildman–Crippen MR) is 113 cm³/mol. The first-order chi connectivity index (χ1) is 13.0. The van der Waals surface area contributed by atoms with Gasteiger partial charge in [-0.15, -0.1) is 12.4 Å². The number of hydrogen-bond donors (Lipinski definition) is 1. The lowest BCUT2D eigenvalue weighted by Crippen LogP contribution is -2.49. The third kappa shape index (κ3) is 3.55. The Morgan fingerprint density at radius 2 is 1.93 bits per heavy atom. The van der Waals surface area contributed by atoms with Gasteiger partial charge in [-0.2, -0.15) is 5.10 Å². The molecule has 0 radical (unpaired) electrons. The molecule has 2 unspecified atom stereocenters. The monoisotopic (exact) mass is 404 g/mol. The number of halogens is 1. The third-order valence-corrected chi connectivity index (χ3v) is 6.26. The summed E-state index contributed by atoms with van der Waals surface area (Å²) in [6.07, 6.45) is 5.19. The van der Waals surface area contributed by atoms with Crippen molar-refractivity contribution in [3.8, 4) is 0 Å². The molecule has 1 N–H and O–H groups in total. The number of amides is 1. The zero-order valence-electron chi connectivity index (χ0n) is 16.8. The van der Waals surface area contributed by atoms with Crippen molar-refractivity contribution in [3.05, 3.63) is 39.7 Å². The second-order valence-electron chi connectivity index (χ2n) is 8.06. The average molecular weight is 405 g/mol. The van der Waals surface area contributed by atoms with Crippen molar-refractivity contribution in [1.29, 1.82) is 0 Å². The number of aromatic nitrogens is 2. The van der Waals surface area contributed by atoms with E-state index in [1.807, 2.05) is 23.7 Å². The summed E-state index contributed by atoms with van der Waals surface area (Å²) in [6.45, 7) is 4.72. The molecule has 7 heteroatoms. The number of nitrogens with one attached hydrogen (secondary N) is 1. The summed E-state index contributed by atoms with van der Waals surface area (Å²) in [5.41, 5.74) is 1.59. The van der Waals surface area contributed by atoms with Crippen LogP contribution in [0.4, 0.5) is 0 Å². The van der Waals surface area contributed by atoms with E-state index in [0.29, 0.717) is 24.0 Å². The van der Waals surface area contributed by atoms with E-state index >= 15 is 0 Å². The molecule has 0 saturated carbocycles. The summed E-state index contributed by atoms with van der Waals surface area (Å²) >= 11 is 0. The van der Waals surface area contributed by atoms with Crippen molar-refractivity contribution < 1.29 is 4.79 Å². The maximum atomic E-state index is 13.0.